The molecular formula is C16H22N6O4. The first-order chi connectivity index (χ1) is 12.7. The van der Waals surface area contributed by atoms with Gasteiger partial charge in [-0.15, -0.1) is 0 Å². The number of rotatable bonds is 3. The highest BCUT2D eigenvalue weighted by molar-refractivity contribution is 5.88. The van der Waals surface area contributed by atoms with Crippen LogP contribution in [0.2, 0.25) is 0 Å². The lowest BCUT2D eigenvalue weighted by Gasteiger charge is -2.28. The van der Waals surface area contributed by atoms with Crippen LogP contribution in [0.1, 0.15) is 19.6 Å². The van der Waals surface area contributed by atoms with Gasteiger partial charge in [0.1, 0.15) is 24.5 Å². The molecule has 4 rings (SSSR count). The summed E-state index contributed by atoms with van der Waals surface area (Å²) in [4.78, 5) is 19.7. The molecule has 0 spiro atoms. The highest BCUT2D eigenvalue weighted by Crippen LogP contribution is 2.32. The molecule has 0 bridgehead atoms. The van der Waals surface area contributed by atoms with Gasteiger partial charge in [-0.05, 0) is 6.92 Å². The normalized spacial score (nSPS) is 27.4. The Labute approximate surface area is 150 Å². The van der Waals surface area contributed by atoms with Crippen LogP contribution in [-0.4, -0.2) is 85.6 Å². The van der Waals surface area contributed by atoms with Gasteiger partial charge in [-0.25, -0.2) is 19.9 Å². The van der Waals surface area contributed by atoms with Crippen molar-refractivity contribution in [1.82, 2.24) is 24.4 Å². The van der Waals surface area contributed by atoms with Crippen LogP contribution in [0.15, 0.2) is 17.6 Å². The largest absolute Gasteiger partial charge is 0.394 e. The molecule has 0 saturated carbocycles. The van der Waals surface area contributed by atoms with Crippen LogP contribution in [0, 0.1) is 0 Å². The average Bonchev–Trinajstić information content (AvgIpc) is 3.26. The van der Waals surface area contributed by atoms with Gasteiger partial charge in [0, 0.05) is 19.5 Å². The molecule has 3 atom stereocenters. The molecule has 26 heavy (non-hydrogen) atoms. The number of aliphatic hydroxyl groups excluding tert-OH is 2. The maximum atomic E-state index is 9.96. The molecule has 4 heterocycles. The van der Waals surface area contributed by atoms with Crippen molar-refractivity contribution >= 4 is 22.8 Å². The fraction of sp³-hybridized carbons (Fsp3) is 0.625. The Morgan fingerprint density at radius 1 is 1.31 bits per heavy atom. The molecule has 2 N–H and O–H groups in total. The van der Waals surface area contributed by atoms with Crippen LogP contribution in [0.5, 0.6) is 0 Å². The average molecular weight is 362 g/mol. The van der Waals surface area contributed by atoms with E-state index in [0.717, 1.165) is 18.9 Å². The number of fused-ring (bicyclic) bond motifs is 1. The zero-order valence-corrected chi connectivity index (χ0v) is 14.5. The Balaban J connectivity index is 1.63. The molecule has 0 amide bonds. The second-order valence-corrected chi connectivity index (χ2v) is 6.39. The molecule has 0 unspecified atom stereocenters. The number of hydrogen-bond acceptors (Lipinski definition) is 8. The first-order valence-electron chi connectivity index (χ1n) is 8.67. The smallest absolute Gasteiger partial charge is 0.185 e. The number of aliphatic imine (C=N–C) groups is 1. The number of hydrogen-bond donors (Lipinski definition) is 2. The predicted octanol–water partition coefficient (Wildman–Crippen LogP) is -0.151. The summed E-state index contributed by atoms with van der Waals surface area (Å²) in [6, 6.07) is 0. The lowest BCUT2D eigenvalue weighted by Crippen LogP contribution is -2.39. The van der Waals surface area contributed by atoms with Gasteiger partial charge in [0.05, 0.1) is 32.3 Å². The van der Waals surface area contributed by atoms with Crippen molar-refractivity contribution in [3.63, 3.8) is 0 Å². The summed E-state index contributed by atoms with van der Waals surface area (Å²) >= 11 is 0. The molecule has 2 aromatic heterocycles. The van der Waals surface area contributed by atoms with Gasteiger partial charge in [-0.3, -0.25) is 4.57 Å². The van der Waals surface area contributed by atoms with E-state index in [1.807, 2.05) is 6.92 Å². The van der Waals surface area contributed by atoms with E-state index in [0.29, 0.717) is 36.6 Å². The number of amidine groups is 1. The lowest BCUT2D eigenvalue weighted by atomic mass is 10.2. The standard InChI is InChI=1S/C16H22N6O4/c1-10(21-2-4-25-5-3-21)20-15-14-16(18-8-17-15)22(9-19-14)13-6-11(24)12(7-23)26-13/h8-9,11-13,23-24H,2-7H2,1H3/b20-10-/t11-,12-,13-/m1/s1. The van der Waals surface area contributed by atoms with Gasteiger partial charge in [0.25, 0.3) is 0 Å². The summed E-state index contributed by atoms with van der Waals surface area (Å²) in [5.74, 6) is 1.35. The van der Waals surface area contributed by atoms with Crippen LogP contribution in [0.25, 0.3) is 11.2 Å². The number of ether oxygens (including phenoxy) is 2. The van der Waals surface area contributed by atoms with Crippen LogP contribution in [0.3, 0.4) is 0 Å². The molecular weight excluding hydrogens is 340 g/mol. The SMILES string of the molecule is C/C(=N/c1ncnc2c1ncn2[C@H]1C[C@@H](O)[C@@H](CO)O1)N1CCOCC1. The van der Waals surface area contributed by atoms with E-state index in [9.17, 15) is 10.2 Å². The summed E-state index contributed by atoms with van der Waals surface area (Å²) in [7, 11) is 0. The van der Waals surface area contributed by atoms with Gasteiger partial charge in [-0.2, -0.15) is 0 Å². The molecule has 0 aromatic carbocycles. The summed E-state index contributed by atoms with van der Waals surface area (Å²) in [6.45, 7) is 4.69. The second-order valence-electron chi connectivity index (χ2n) is 6.39. The van der Waals surface area contributed by atoms with Gasteiger partial charge in [-0.1, -0.05) is 0 Å². The van der Waals surface area contributed by atoms with Gasteiger partial charge < -0.3 is 24.6 Å². The summed E-state index contributed by atoms with van der Waals surface area (Å²) in [6.07, 6.45) is 1.68. The maximum absolute atomic E-state index is 9.96. The lowest BCUT2D eigenvalue weighted by molar-refractivity contribution is -0.0432. The van der Waals surface area contributed by atoms with Crippen molar-refractivity contribution in [2.75, 3.05) is 32.9 Å². The van der Waals surface area contributed by atoms with Gasteiger partial charge in [0.2, 0.25) is 0 Å². The van der Waals surface area contributed by atoms with E-state index in [2.05, 4.69) is 24.8 Å². The van der Waals surface area contributed by atoms with Crippen molar-refractivity contribution in [3.8, 4) is 0 Å². The Morgan fingerprint density at radius 3 is 2.85 bits per heavy atom. The fourth-order valence-corrected chi connectivity index (χ4v) is 3.29. The van der Waals surface area contributed by atoms with Crippen molar-refractivity contribution in [2.45, 2.75) is 31.8 Å². The number of aliphatic hydroxyl groups is 2. The van der Waals surface area contributed by atoms with Crippen LogP contribution >= 0.6 is 0 Å². The maximum Gasteiger partial charge on any atom is 0.185 e. The molecule has 2 aliphatic rings. The zero-order valence-electron chi connectivity index (χ0n) is 14.5. The van der Waals surface area contributed by atoms with Crippen molar-refractivity contribution in [2.24, 2.45) is 4.99 Å². The molecule has 140 valence electrons. The van der Waals surface area contributed by atoms with Crippen LogP contribution in [0.4, 0.5) is 5.82 Å². The first kappa shape index (κ1) is 17.3. The molecule has 0 radical (unpaired) electrons. The van der Waals surface area contributed by atoms with E-state index in [1.54, 1.807) is 10.9 Å². The van der Waals surface area contributed by atoms with Gasteiger partial charge >= 0.3 is 0 Å². The third-order valence-corrected chi connectivity index (χ3v) is 4.77. The highest BCUT2D eigenvalue weighted by atomic mass is 16.5. The quantitative estimate of drug-likeness (QED) is 0.572. The summed E-state index contributed by atoms with van der Waals surface area (Å²) in [5.41, 5.74) is 1.16. The zero-order chi connectivity index (χ0) is 18.1. The Hall–Kier alpha value is -2.14. The topological polar surface area (TPSA) is 118 Å². The first-order valence-corrected chi connectivity index (χ1v) is 8.67. The van der Waals surface area contributed by atoms with Gasteiger partial charge in [0.15, 0.2) is 17.0 Å². The number of aromatic nitrogens is 4. The summed E-state index contributed by atoms with van der Waals surface area (Å²) in [5, 5.41) is 19.2. The third-order valence-electron chi connectivity index (χ3n) is 4.77. The van der Waals surface area contributed by atoms with E-state index in [-0.39, 0.29) is 6.61 Å². The van der Waals surface area contributed by atoms with E-state index in [1.165, 1.54) is 6.33 Å². The number of morpholine rings is 1. The fourth-order valence-electron chi connectivity index (χ4n) is 3.29. The highest BCUT2D eigenvalue weighted by Gasteiger charge is 2.35. The molecule has 0 aliphatic carbocycles. The van der Waals surface area contributed by atoms with Crippen molar-refractivity contribution < 1.29 is 19.7 Å². The molecule has 2 fully saturated rings. The molecule has 2 saturated heterocycles. The Bertz CT molecular complexity index is 803. The van der Waals surface area contributed by atoms with Crippen molar-refractivity contribution in [3.05, 3.63) is 12.7 Å². The minimum Gasteiger partial charge on any atom is -0.394 e. The van der Waals surface area contributed by atoms with Crippen molar-refractivity contribution in [1.29, 1.82) is 0 Å². The Kier molecular flexibility index (Phi) is 4.81. The minimum absolute atomic E-state index is 0.229. The summed E-state index contributed by atoms with van der Waals surface area (Å²) < 4.78 is 12.8. The van der Waals surface area contributed by atoms with E-state index >= 15 is 0 Å². The number of nitrogens with zero attached hydrogens (tertiary/aromatic N) is 6. The monoisotopic (exact) mass is 362 g/mol. The minimum atomic E-state index is -0.717. The molecule has 2 aliphatic heterocycles. The molecule has 10 heteroatoms. The van der Waals surface area contributed by atoms with E-state index < -0.39 is 18.4 Å². The van der Waals surface area contributed by atoms with E-state index in [4.69, 9.17) is 9.47 Å². The Morgan fingerprint density at radius 2 is 2.12 bits per heavy atom. The predicted molar refractivity (Wildman–Crippen MR) is 92.1 cm³/mol. The third kappa shape index (κ3) is 3.16. The van der Waals surface area contributed by atoms with Crippen LogP contribution in [-0.2, 0) is 9.47 Å². The molecule has 10 nitrogen and oxygen atoms in total. The second kappa shape index (κ2) is 7.23. The molecule has 2 aromatic rings. The number of imidazole rings is 1. The van der Waals surface area contributed by atoms with Crippen LogP contribution < -0.4 is 0 Å².